The molecule has 0 spiro atoms. The first-order valence-corrected chi connectivity index (χ1v) is 16.0. The highest BCUT2D eigenvalue weighted by atomic mass is 32.2. The highest BCUT2D eigenvalue weighted by Gasteiger charge is 2.25. The molecule has 0 unspecified atom stereocenters. The number of hydrogen-bond acceptors (Lipinski definition) is 9. The zero-order chi connectivity index (χ0) is 28.7. The first kappa shape index (κ1) is 27.2. The first-order valence-electron chi connectivity index (χ1n) is 13.7. The SMILES string of the molecule is C=CCn1c(=O)c2cnc(Nc3cc4c(c(OCC5CC5)c3)CCN(C)C4)nc2n1-c1cccc(N=S(C)(C)=O)n1. The average Bonchev–Trinajstić information content (AvgIpc) is 3.71. The van der Waals surface area contributed by atoms with Crippen LogP contribution in [0.1, 0.15) is 24.0 Å². The summed E-state index contributed by atoms with van der Waals surface area (Å²) in [6.07, 6.45) is 9.66. The molecule has 0 radical (unpaired) electrons. The van der Waals surface area contributed by atoms with Crippen molar-refractivity contribution in [3.05, 3.63) is 70.7 Å². The molecule has 11 nitrogen and oxygen atoms in total. The minimum Gasteiger partial charge on any atom is -0.493 e. The van der Waals surface area contributed by atoms with Gasteiger partial charge in [-0.05, 0) is 56.0 Å². The van der Waals surface area contributed by atoms with Gasteiger partial charge in [-0.15, -0.1) is 6.58 Å². The van der Waals surface area contributed by atoms with Crippen LogP contribution in [0.25, 0.3) is 16.9 Å². The Morgan fingerprint density at radius 1 is 1.24 bits per heavy atom. The van der Waals surface area contributed by atoms with Gasteiger partial charge in [0.2, 0.25) is 5.95 Å². The molecule has 1 saturated carbocycles. The second-order valence-corrected chi connectivity index (χ2v) is 13.6. The Bertz CT molecular complexity index is 1820. The van der Waals surface area contributed by atoms with Gasteiger partial charge in [-0.2, -0.15) is 9.35 Å². The maximum absolute atomic E-state index is 13.3. The number of pyridine rings is 1. The topological polar surface area (TPSA) is 120 Å². The fourth-order valence-electron chi connectivity index (χ4n) is 5.04. The van der Waals surface area contributed by atoms with Gasteiger partial charge in [0.1, 0.15) is 11.1 Å². The van der Waals surface area contributed by atoms with E-state index in [1.54, 1.807) is 41.5 Å². The molecule has 0 saturated heterocycles. The monoisotopic (exact) mass is 574 g/mol. The van der Waals surface area contributed by atoms with E-state index in [4.69, 9.17) is 9.72 Å². The zero-order valence-electron chi connectivity index (χ0n) is 23.5. The van der Waals surface area contributed by atoms with Crippen molar-refractivity contribution in [1.82, 2.24) is 29.2 Å². The van der Waals surface area contributed by atoms with Crippen molar-refractivity contribution < 1.29 is 8.95 Å². The van der Waals surface area contributed by atoms with E-state index >= 15 is 0 Å². The zero-order valence-corrected chi connectivity index (χ0v) is 24.4. The van der Waals surface area contributed by atoms with Gasteiger partial charge in [0.25, 0.3) is 5.56 Å². The van der Waals surface area contributed by atoms with Crippen LogP contribution >= 0.6 is 0 Å². The lowest BCUT2D eigenvalue weighted by atomic mass is 9.98. The van der Waals surface area contributed by atoms with Crippen LogP contribution in [0, 0.1) is 5.92 Å². The van der Waals surface area contributed by atoms with Gasteiger partial charge < -0.3 is 15.0 Å². The number of ether oxygens (including phenoxy) is 1. The maximum atomic E-state index is 13.3. The summed E-state index contributed by atoms with van der Waals surface area (Å²) in [5, 5.41) is 3.69. The molecule has 4 heterocycles. The van der Waals surface area contributed by atoms with Crippen LogP contribution in [0.4, 0.5) is 17.5 Å². The Morgan fingerprint density at radius 2 is 2.07 bits per heavy atom. The van der Waals surface area contributed by atoms with Crippen LogP contribution in [-0.2, 0) is 29.2 Å². The van der Waals surface area contributed by atoms with Gasteiger partial charge in [-0.1, -0.05) is 12.1 Å². The molecule has 41 heavy (non-hydrogen) atoms. The Morgan fingerprint density at radius 3 is 2.83 bits per heavy atom. The van der Waals surface area contributed by atoms with Crippen molar-refractivity contribution in [2.45, 2.75) is 32.4 Å². The van der Waals surface area contributed by atoms with E-state index in [1.165, 1.54) is 34.8 Å². The van der Waals surface area contributed by atoms with Crippen molar-refractivity contribution >= 4 is 38.2 Å². The molecular weight excluding hydrogens is 540 g/mol. The highest BCUT2D eigenvalue weighted by molar-refractivity contribution is 7.92. The first-order chi connectivity index (χ1) is 19.7. The van der Waals surface area contributed by atoms with Crippen LogP contribution in [0.2, 0.25) is 0 Å². The van der Waals surface area contributed by atoms with Crippen LogP contribution in [0.5, 0.6) is 5.75 Å². The summed E-state index contributed by atoms with van der Waals surface area (Å²) in [4.78, 5) is 29.4. The van der Waals surface area contributed by atoms with E-state index in [9.17, 15) is 9.00 Å². The van der Waals surface area contributed by atoms with Gasteiger partial charge in [-0.3, -0.25) is 4.79 Å². The maximum Gasteiger partial charge on any atom is 0.278 e. The minimum atomic E-state index is -2.42. The Balaban J connectivity index is 1.42. The van der Waals surface area contributed by atoms with Gasteiger partial charge in [0, 0.05) is 58.8 Å². The fourth-order valence-corrected chi connectivity index (χ4v) is 5.59. The van der Waals surface area contributed by atoms with Crippen molar-refractivity contribution in [1.29, 1.82) is 0 Å². The smallest absolute Gasteiger partial charge is 0.278 e. The molecule has 1 aliphatic heterocycles. The van der Waals surface area contributed by atoms with Gasteiger partial charge in [-0.25, -0.2) is 23.5 Å². The van der Waals surface area contributed by atoms with E-state index in [0.29, 0.717) is 34.5 Å². The number of hydrogen-bond donors (Lipinski definition) is 1. The second-order valence-electron chi connectivity index (χ2n) is 11.0. The lowest BCUT2D eigenvalue weighted by Gasteiger charge is -2.27. The molecule has 0 bridgehead atoms. The Hall–Kier alpha value is -4.03. The number of likely N-dealkylation sites (N-methyl/N-ethyl adjacent to an activating group) is 1. The summed E-state index contributed by atoms with van der Waals surface area (Å²) in [6, 6.07) is 9.33. The molecule has 4 aromatic rings. The third-order valence-electron chi connectivity index (χ3n) is 7.14. The van der Waals surface area contributed by atoms with Crippen molar-refractivity contribution in [3.8, 4) is 11.6 Å². The molecule has 1 aliphatic carbocycles. The largest absolute Gasteiger partial charge is 0.493 e. The highest BCUT2D eigenvalue weighted by Crippen LogP contribution is 2.35. The van der Waals surface area contributed by atoms with E-state index in [-0.39, 0.29) is 12.1 Å². The third kappa shape index (κ3) is 5.89. The molecule has 0 atom stereocenters. The quantitative estimate of drug-likeness (QED) is 0.298. The number of rotatable bonds is 9. The summed E-state index contributed by atoms with van der Waals surface area (Å²) >= 11 is 0. The number of allylic oxidation sites excluding steroid dienone is 1. The lowest BCUT2D eigenvalue weighted by molar-refractivity contribution is 0.280. The van der Waals surface area contributed by atoms with Gasteiger partial charge in [0.15, 0.2) is 17.3 Å². The number of fused-ring (bicyclic) bond motifs is 2. The van der Waals surface area contributed by atoms with E-state index in [1.807, 2.05) is 6.07 Å². The molecule has 1 aromatic carbocycles. The predicted octanol–water partition coefficient (Wildman–Crippen LogP) is 4.04. The summed E-state index contributed by atoms with van der Waals surface area (Å²) in [5.74, 6) is 2.62. The summed E-state index contributed by atoms with van der Waals surface area (Å²) in [5.41, 5.74) is 3.43. The standard InChI is InChI=1S/C29H34N8O3S/c1-5-12-36-28(38)23-16-30-29(33-27(23)37(36)26-8-6-7-25(32-26)34-41(3,4)39)31-21-14-20-17-35(2)13-11-22(20)24(15-21)40-18-19-9-10-19/h5-8,14-16,19H,1,9-13,17-18H2,2-4H3,(H,30,31,33). The molecule has 2 aliphatic rings. The van der Waals surface area contributed by atoms with Crippen LogP contribution in [0.15, 0.2) is 58.3 Å². The molecule has 1 fully saturated rings. The molecule has 6 rings (SSSR count). The summed E-state index contributed by atoms with van der Waals surface area (Å²) in [6.45, 7) is 6.61. The lowest BCUT2D eigenvalue weighted by Crippen LogP contribution is -2.27. The molecule has 1 N–H and O–H groups in total. The number of nitrogens with zero attached hydrogens (tertiary/aromatic N) is 7. The minimum absolute atomic E-state index is 0.235. The fraction of sp³-hybridized carbons (Fsp3) is 0.379. The van der Waals surface area contributed by atoms with Crippen molar-refractivity contribution in [2.24, 2.45) is 10.3 Å². The van der Waals surface area contributed by atoms with E-state index < -0.39 is 9.73 Å². The second kappa shape index (κ2) is 10.7. The van der Waals surface area contributed by atoms with Crippen LogP contribution in [-0.4, -0.2) is 66.1 Å². The molecule has 3 aromatic heterocycles. The molecule has 214 valence electrons. The number of aromatic nitrogens is 5. The molecular formula is C29H34N8O3S. The summed E-state index contributed by atoms with van der Waals surface area (Å²) < 4.78 is 25.9. The van der Waals surface area contributed by atoms with Gasteiger partial charge in [0.05, 0.1) is 13.2 Å². The normalized spacial score (nSPS) is 15.5. The van der Waals surface area contributed by atoms with Crippen molar-refractivity contribution in [2.75, 3.05) is 38.0 Å². The van der Waals surface area contributed by atoms with E-state index in [0.717, 1.165) is 37.6 Å². The Labute approximate surface area is 239 Å². The average molecular weight is 575 g/mol. The molecule has 0 amide bonds. The predicted molar refractivity (Wildman–Crippen MR) is 161 cm³/mol. The third-order valence-corrected chi connectivity index (χ3v) is 7.77. The Kier molecular flexibility index (Phi) is 7.12. The number of anilines is 2. The molecule has 12 heteroatoms. The number of nitrogens with one attached hydrogen (secondary N) is 1. The number of benzene rings is 1. The van der Waals surface area contributed by atoms with E-state index in [2.05, 4.69) is 44.2 Å². The van der Waals surface area contributed by atoms with Crippen LogP contribution < -0.4 is 15.6 Å². The van der Waals surface area contributed by atoms with Gasteiger partial charge >= 0.3 is 0 Å². The van der Waals surface area contributed by atoms with Crippen molar-refractivity contribution in [3.63, 3.8) is 0 Å². The summed E-state index contributed by atoms with van der Waals surface area (Å²) in [7, 11) is -0.306. The van der Waals surface area contributed by atoms with Crippen LogP contribution in [0.3, 0.4) is 0 Å².